The first-order chi connectivity index (χ1) is 16.0. The number of nitrogens with two attached hydrogens (primary N) is 1. The fourth-order valence-corrected chi connectivity index (χ4v) is 2.60. The lowest BCUT2D eigenvalue weighted by atomic mass is 10.1. The number of aromatic nitrogens is 2. The molecule has 0 saturated heterocycles. The van der Waals surface area contributed by atoms with E-state index in [1.54, 1.807) is 0 Å². The van der Waals surface area contributed by atoms with Gasteiger partial charge in [0.15, 0.2) is 0 Å². The number of nitrogens with one attached hydrogen (secondary N) is 5. The molecule has 4 atom stereocenters. The molecule has 1 aromatic rings. The Balaban J connectivity index is 2.57. The van der Waals surface area contributed by atoms with Crippen LogP contribution in [0, 0.1) is 0 Å². The van der Waals surface area contributed by atoms with Crippen molar-refractivity contribution in [3.63, 3.8) is 0 Å². The van der Waals surface area contributed by atoms with E-state index in [4.69, 9.17) is 10.8 Å². The van der Waals surface area contributed by atoms with Gasteiger partial charge in [0.05, 0.1) is 31.6 Å². The number of rotatable bonds is 15. The minimum Gasteiger partial charge on any atom is -0.481 e. The number of aliphatic carboxylic acids is 1. The average Bonchev–Trinajstić information content (AvgIpc) is 3.29. The summed E-state index contributed by atoms with van der Waals surface area (Å²) in [5, 5.41) is 27.2. The molecule has 1 aromatic heterocycles. The SMILES string of the molecule is C[C@@H](O)[C@@H](C=O)NC(=O)CNC(=O)[C@H](CCC(=O)O)NC(=O)CNC(=O)[C@@H](N)Cc1cnc[nH]1. The number of H-pyrrole nitrogens is 1. The topological polar surface area (TPSA) is 246 Å². The molecule has 1 heterocycles. The third-order valence-corrected chi connectivity index (χ3v) is 4.47. The van der Waals surface area contributed by atoms with Gasteiger partial charge in [0, 0.05) is 24.7 Å². The number of amides is 4. The molecule has 4 amide bonds. The Labute approximate surface area is 194 Å². The van der Waals surface area contributed by atoms with Crippen molar-refractivity contribution in [3.8, 4) is 0 Å². The highest BCUT2D eigenvalue weighted by Gasteiger charge is 2.24. The second-order valence-electron chi connectivity index (χ2n) is 7.35. The molecule has 188 valence electrons. The Hall–Kier alpha value is -3.85. The molecule has 0 aliphatic rings. The van der Waals surface area contributed by atoms with E-state index in [-0.39, 0.29) is 12.8 Å². The molecule has 0 spiro atoms. The first-order valence-electron chi connectivity index (χ1n) is 10.3. The van der Waals surface area contributed by atoms with Crippen LogP contribution < -0.4 is 27.0 Å². The summed E-state index contributed by atoms with van der Waals surface area (Å²) in [7, 11) is 0. The van der Waals surface area contributed by atoms with E-state index in [1.165, 1.54) is 19.4 Å². The first kappa shape index (κ1) is 28.2. The Morgan fingerprint density at radius 1 is 1.12 bits per heavy atom. The zero-order valence-electron chi connectivity index (χ0n) is 18.4. The summed E-state index contributed by atoms with van der Waals surface area (Å²) in [4.78, 5) is 76.7. The van der Waals surface area contributed by atoms with Gasteiger partial charge < -0.3 is 47.0 Å². The maximum absolute atomic E-state index is 12.4. The molecule has 0 radical (unpaired) electrons. The zero-order chi connectivity index (χ0) is 25.7. The van der Waals surface area contributed by atoms with E-state index < -0.39 is 73.3 Å². The van der Waals surface area contributed by atoms with Crippen LogP contribution in [0.2, 0.25) is 0 Å². The third kappa shape index (κ3) is 10.6. The molecule has 15 nitrogen and oxygen atoms in total. The van der Waals surface area contributed by atoms with Crippen molar-refractivity contribution in [3.05, 3.63) is 18.2 Å². The fourth-order valence-electron chi connectivity index (χ4n) is 2.60. The number of nitrogens with zero attached hydrogens (tertiary/aromatic N) is 1. The molecule has 0 fully saturated rings. The molecule has 34 heavy (non-hydrogen) atoms. The second kappa shape index (κ2) is 14.3. The maximum Gasteiger partial charge on any atom is 0.303 e. The standard InChI is InChI=1S/C19H29N7O8/c1-10(28)14(8-27)26-16(30)7-23-19(34)13(2-3-17(31)32)25-15(29)6-22-18(33)12(20)4-11-5-21-9-24-11/h5,8-10,12-14,28H,2-4,6-7,20H2,1H3,(H,21,24)(H,22,33)(H,23,34)(H,25,29)(H,26,30)(H,31,32)/t10-,12+,13+,14-/m1/s1. The van der Waals surface area contributed by atoms with Crippen LogP contribution in [0.3, 0.4) is 0 Å². The van der Waals surface area contributed by atoms with E-state index in [2.05, 4.69) is 31.2 Å². The minimum atomic E-state index is -1.31. The van der Waals surface area contributed by atoms with Gasteiger partial charge in [-0.2, -0.15) is 0 Å². The molecule has 0 saturated carbocycles. The van der Waals surface area contributed by atoms with Gasteiger partial charge in [-0.1, -0.05) is 0 Å². The summed E-state index contributed by atoms with van der Waals surface area (Å²) in [6.45, 7) is 0.176. The molecule has 0 bridgehead atoms. The summed E-state index contributed by atoms with van der Waals surface area (Å²) in [6, 6.07) is -3.45. The largest absolute Gasteiger partial charge is 0.481 e. The molecule has 15 heteroatoms. The normalized spacial score (nSPS) is 14.1. The number of aliphatic hydroxyl groups excluding tert-OH is 1. The van der Waals surface area contributed by atoms with E-state index >= 15 is 0 Å². The van der Waals surface area contributed by atoms with Gasteiger partial charge in [-0.3, -0.25) is 24.0 Å². The number of carboxylic acids is 1. The monoisotopic (exact) mass is 483 g/mol. The average molecular weight is 483 g/mol. The number of carboxylic acid groups (broad SMARTS) is 1. The van der Waals surface area contributed by atoms with Crippen molar-refractivity contribution in [2.75, 3.05) is 13.1 Å². The van der Waals surface area contributed by atoms with Crippen molar-refractivity contribution in [1.29, 1.82) is 0 Å². The number of carbonyl (C=O) groups is 6. The molecular weight excluding hydrogens is 454 g/mol. The maximum atomic E-state index is 12.4. The van der Waals surface area contributed by atoms with E-state index in [1.807, 2.05) is 0 Å². The Kier molecular flexibility index (Phi) is 11.9. The van der Waals surface area contributed by atoms with Gasteiger partial charge in [0.25, 0.3) is 0 Å². The van der Waals surface area contributed by atoms with Crippen molar-refractivity contribution in [1.82, 2.24) is 31.2 Å². The van der Waals surface area contributed by atoms with Crippen LogP contribution >= 0.6 is 0 Å². The summed E-state index contributed by atoms with van der Waals surface area (Å²) < 4.78 is 0. The first-order valence-corrected chi connectivity index (χ1v) is 10.3. The summed E-state index contributed by atoms with van der Waals surface area (Å²) in [6.07, 6.45) is 1.51. The van der Waals surface area contributed by atoms with Crippen molar-refractivity contribution >= 4 is 35.9 Å². The summed E-state index contributed by atoms with van der Waals surface area (Å²) >= 11 is 0. The van der Waals surface area contributed by atoms with Gasteiger partial charge >= 0.3 is 5.97 Å². The Morgan fingerprint density at radius 2 is 1.74 bits per heavy atom. The molecule has 0 aromatic carbocycles. The molecule has 0 aliphatic carbocycles. The lowest BCUT2D eigenvalue weighted by molar-refractivity contribution is -0.138. The van der Waals surface area contributed by atoms with E-state index in [9.17, 15) is 33.9 Å². The zero-order valence-corrected chi connectivity index (χ0v) is 18.4. The number of aliphatic hydroxyl groups is 1. The number of aromatic amines is 1. The number of hydrogen-bond donors (Lipinski definition) is 8. The van der Waals surface area contributed by atoms with Gasteiger partial charge in [0.1, 0.15) is 18.4 Å². The van der Waals surface area contributed by atoms with Crippen LogP contribution in [0.25, 0.3) is 0 Å². The summed E-state index contributed by atoms with van der Waals surface area (Å²) in [5.74, 6) is -4.27. The van der Waals surface area contributed by atoms with Crippen LogP contribution in [-0.4, -0.2) is 93.4 Å². The van der Waals surface area contributed by atoms with Crippen LogP contribution in [0.1, 0.15) is 25.5 Å². The molecule has 9 N–H and O–H groups in total. The van der Waals surface area contributed by atoms with E-state index in [0.29, 0.717) is 12.0 Å². The van der Waals surface area contributed by atoms with Gasteiger partial charge in [0.2, 0.25) is 23.6 Å². The highest BCUT2D eigenvalue weighted by molar-refractivity contribution is 5.93. The van der Waals surface area contributed by atoms with Crippen molar-refractivity contribution in [2.45, 2.75) is 50.4 Å². The number of hydrogen-bond acceptors (Lipinski definition) is 9. The smallest absolute Gasteiger partial charge is 0.303 e. The molecular formula is C19H29N7O8. The third-order valence-electron chi connectivity index (χ3n) is 4.47. The van der Waals surface area contributed by atoms with Crippen LogP contribution in [0.5, 0.6) is 0 Å². The Bertz CT molecular complexity index is 859. The highest BCUT2D eigenvalue weighted by atomic mass is 16.4. The quantitative estimate of drug-likeness (QED) is 0.112. The molecule has 1 rings (SSSR count). The van der Waals surface area contributed by atoms with Crippen LogP contribution in [-0.2, 0) is 35.2 Å². The highest BCUT2D eigenvalue weighted by Crippen LogP contribution is 1.99. The lowest BCUT2D eigenvalue weighted by Gasteiger charge is -2.19. The van der Waals surface area contributed by atoms with E-state index in [0.717, 1.165) is 0 Å². The molecule has 0 unspecified atom stereocenters. The van der Waals surface area contributed by atoms with Gasteiger partial charge in [-0.05, 0) is 13.3 Å². The number of carbonyl (C=O) groups excluding carboxylic acids is 5. The Morgan fingerprint density at radius 3 is 2.26 bits per heavy atom. The van der Waals surface area contributed by atoms with Gasteiger partial charge in [-0.15, -0.1) is 0 Å². The number of imidazole rings is 1. The van der Waals surface area contributed by atoms with Crippen LogP contribution in [0.4, 0.5) is 0 Å². The fraction of sp³-hybridized carbons (Fsp3) is 0.526. The predicted molar refractivity (Wildman–Crippen MR) is 115 cm³/mol. The predicted octanol–water partition coefficient (Wildman–Crippen LogP) is -4.07. The van der Waals surface area contributed by atoms with Crippen molar-refractivity contribution in [2.24, 2.45) is 5.73 Å². The molecule has 0 aliphatic heterocycles. The lowest BCUT2D eigenvalue weighted by Crippen LogP contribution is -2.53. The van der Waals surface area contributed by atoms with Gasteiger partial charge in [-0.25, -0.2) is 4.98 Å². The minimum absolute atomic E-state index is 0.152. The van der Waals surface area contributed by atoms with Crippen LogP contribution in [0.15, 0.2) is 12.5 Å². The second-order valence-corrected chi connectivity index (χ2v) is 7.35. The van der Waals surface area contributed by atoms with Crippen molar-refractivity contribution < 1.29 is 39.0 Å². The number of aldehydes is 1. The summed E-state index contributed by atoms with van der Waals surface area (Å²) in [5.41, 5.74) is 6.38.